The predicted molar refractivity (Wildman–Crippen MR) is 56.9 cm³/mol. The normalized spacial score (nSPS) is 10.1. The van der Waals surface area contributed by atoms with Crippen LogP contribution in [0.1, 0.15) is 0 Å². The number of nitro groups is 2. The second-order valence-electron chi connectivity index (χ2n) is 3.15. The van der Waals surface area contributed by atoms with Crippen molar-refractivity contribution in [1.82, 2.24) is 9.55 Å². The van der Waals surface area contributed by atoms with Gasteiger partial charge in [-0.15, -0.1) is 0 Å². The molecule has 8 heteroatoms. The number of nitro benzene ring substituents is 1. The molecule has 0 amide bonds. The van der Waals surface area contributed by atoms with E-state index in [2.05, 4.69) is 4.98 Å². The van der Waals surface area contributed by atoms with Gasteiger partial charge in [0.1, 0.15) is 11.9 Å². The molecule has 0 aliphatic carbocycles. The fourth-order valence-electron chi connectivity index (χ4n) is 1.36. The van der Waals surface area contributed by atoms with Crippen LogP contribution < -0.4 is 0 Å². The van der Waals surface area contributed by atoms with E-state index in [0.717, 1.165) is 6.20 Å². The molecule has 86 valence electrons. The summed E-state index contributed by atoms with van der Waals surface area (Å²) in [5.41, 5.74) is 0.372. The van der Waals surface area contributed by atoms with E-state index in [-0.39, 0.29) is 11.5 Å². The van der Waals surface area contributed by atoms with Crippen LogP contribution in [0.3, 0.4) is 0 Å². The highest BCUT2D eigenvalue weighted by Crippen LogP contribution is 2.19. The molecule has 0 bridgehead atoms. The molecule has 1 aromatic heterocycles. The highest BCUT2D eigenvalue weighted by Gasteiger charge is 2.15. The van der Waals surface area contributed by atoms with Crippen molar-refractivity contribution in [3.05, 3.63) is 57.0 Å². The van der Waals surface area contributed by atoms with Gasteiger partial charge in [0.2, 0.25) is 0 Å². The third-order valence-electron chi connectivity index (χ3n) is 2.14. The van der Waals surface area contributed by atoms with Crippen molar-refractivity contribution < 1.29 is 9.85 Å². The summed E-state index contributed by atoms with van der Waals surface area (Å²) in [4.78, 5) is 23.7. The Kier molecular flexibility index (Phi) is 2.53. The standard InChI is InChI=1S/C9H6N4O4/c14-12(15)8-3-1-7(2-4-8)11-6-10-5-9(11)13(16)17/h1-6H. The lowest BCUT2D eigenvalue weighted by Crippen LogP contribution is -1.99. The summed E-state index contributed by atoms with van der Waals surface area (Å²) in [5.74, 6) is -0.196. The van der Waals surface area contributed by atoms with Crippen LogP contribution in [-0.2, 0) is 0 Å². The van der Waals surface area contributed by atoms with Crippen LogP contribution in [-0.4, -0.2) is 19.4 Å². The lowest BCUT2D eigenvalue weighted by Gasteiger charge is -1.99. The van der Waals surface area contributed by atoms with Crippen LogP contribution in [0.25, 0.3) is 5.69 Å². The van der Waals surface area contributed by atoms with Gasteiger partial charge in [-0.1, -0.05) is 0 Å². The smallest absolute Gasteiger partial charge is 0.347 e. The first-order valence-electron chi connectivity index (χ1n) is 4.51. The Bertz CT molecular complexity index is 575. The van der Waals surface area contributed by atoms with E-state index in [0.29, 0.717) is 5.69 Å². The van der Waals surface area contributed by atoms with Crippen molar-refractivity contribution in [2.45, 2.75) is 0 Å². The highest BCUT2D eigenvalue weighted by molar-refractivity contribution is 5.43. The van der Waals surface area contributed by atoms with Crippen molar-refractivity contribution in [2.24, 2.45) is 0 Å². The third-order valence-corrected chi connectivity index (χ3v) is 2.14. The number of nitrogens with zero attached hydrogens (tertiary/aromatic N) is 4. The van der Waals surface area contributed by atoms with Gasteiger partial charge in [0.05, 0.1) is 4.92 Å². The Balaban J connectivity index is 2.43. The van der Waals surface area contributed by atoms with Crippen molar-refractivity contribution in [3.8, 4) is 5.69 Å². The average Bonchev–Trinajstić information content (AvgIpc) is 2.78. The summed E-state index contributed by atoms with van der Waals surface area (Å²) >= 11 is 0. The lowest BCUT2D eigenvalue weighted by molar-refractivity contribution is -0.391. The first-order chi connectivity index (χ1) is 8.09. The largest absolute Gasteiger partial charge is 0.358 e. The van der Waals surface area contributed by atoms with E-state index < -0.39 is 9.85 Å². The van der Waals surface area contributed by atoms with Gasteiger partial charge >= 0.3 is 5.82 Å². The van der Waals surface area contributed by atoms with Gasteiger partial charge in [-0.05, 0) is 17.1 Å². The average molecular weight is 234 g/mol. The van der Waals surface area contributed by atoms with E-state index >= 15 is 0 Å². The third kappa shape index (κ3) is 1.95. The van der Waals surface area contributed by atoms with Crippen LogP contribution in [0.4, 0.5) is 11.5 Å². The number of hydrogen-bond donors (Lipinski definition) is 0. The fourth-order valence-corrected chi connectivity index (χ4v) is 1.36. The molecule has 0 aliphatic rings. The second kappa shape index (κ2) is 4.00. The number of non-ortho nitro benzene ring substituents is 1. The molecule has 1 aromatic carbocycles. The van der Waals surface area contributed by atoms with Crippen LogP contribution in [0.2, 0.25) is 0 Å². The molecule has 0 radical (unpaired) electrons. The summed E-state index contributed by atoms with van der Waals surface area (Å²) < 4.78 is 1.24. The lowest BCUT2D eigenvalue weighted by atomic mass is 10.3. The minimum Gasteiger partial charge on any atom is -0.358 e. The molecule has 2 aromatic rings. The van der Waals surface area contributed by atoms with Crippen molar-refractivity contribution in [2.75, 3.05) is 0 Å². The maximum absolute atomic E-state index is 10.7. The fraction of sp³-hybridized carbons (Fsp3) is 0. The second-order valence-corrected chi connectivity index (χ2v) is 3.15. The molecule has 0 unspecified atom stereocenters. The monoisotopic (exact) mass is 234 g/mol. The summed E-state index contributed by atoms with van der Waals surface area (Å²) in [6, 6.07) is 5.40. The molecular weight excluding hydrogens is 228 g/mol. The Morgan fingerprint density at radius 3 is 2.24 bits per heavy atom. The van der Waals surface area contributed by atoms with Gasteiger partial charge in [-0.2, -0.15) is 4.57 Å². The first-order valence-corrected chi connectivity index (χ1v) is 4.51. The SMILES string of the molecule is O=[N+]([O-])c1ccc(-n2cncc2[N+](=O)[O-])cc1. The number of imidazole rings is 1. The quantitative estimate of drug-likeness (QED) is 0.593. The molecule has 2 rings (SSSR count). The van der Waals surface area contributed by atoms with Crippen LogP contribution >= 0.6 is 0 Å². The molecule has 0 aliphatic heterocycles. The van der Waals surface area contributed by atoms with E-state index in [9.17, 15) is 20.2 Å². The maximum atomic E-state index is 10.7. The molecule has 0 saturated carbocycles. The van der Waals surface area contributed by atoms with Crippen molar-refractivity contribution >= 4 is 11.5 Å². The van der Waals surface area contributed by atoms with E-state index in [4.69, 9.17) is 0 Å². The first kappa shape index (κ1) is 10.7. The zero-order valence-electron chi connectivity index (χ0n) is 8.39. The number of aromatic nitrogens is 2. The number of rotatable bonds is 3. The molecule has 0 spiro atoms. The van der Waals surface area contributed by atoms with Crippen LogP contribution in [0.5, 0.6) is 0 Å². The summed E-state index contributed by atoms with van der Waals surface area (Å²) in [6.07, 6.45) is 2.39. The molecule has 0 atom stereocenters. The highest BCUT2D eigenvalue weighted by atomic mass is 16.6. The molecule has 8 nitrogen and oxygen atoms in total. The minimum atomic E-state index is -0.575. The zero-order chi connectivity index (χ0) is 12.4. The summed E-state index contributed by atoms with van der Waals surface area (Å²) in [6.45, 7) is 0. The molecule has 17 heavy (non-hydrogen) atoms. The molecular formula is C9H6N4O4. The summed E-state index contributed by atoms with van der Waals surface area (Å²) in [7, 11) is 0. The van der Waals surface area contributed by atoms with E-state index in [1.807, 2.05) is 0 Å². The molecule has 0 fully saturated rings. The Morgan fingerprint density at radius 1 is 1.06 bits per heavy atom. The minimum absolute atomic E-state index is 0.0727. The predicted octanol–water partition coefficient (Wildman–Crippen LogP) is 1.69. The summed E-state index contributed by atoms with van der Waals surface area (Å²) in [5, 5.41) is 21.1. The topological polar surface area (TPSA) is 104 Å². The van der Waals surface area contributed by atoms with Gasteiger partial charge in [-0.25, -0.2) is 4.98 Å². The molecule has 0 N–H and O–H groups in total. The van der Waals surface area contributed by atoms with Crippen molar-refractivity contribution in [3.63, 3.8) is 0 Å². The van der Waals surface area contributed by atoms with E-state index in [1.54, 1.807) is 0 Å². The van der Waals surface area contributed by atoms with E-state index in [1.165, 1.54) is 35.2 Å². The van der Waals surface area contributed by atoms with Gasteiger partial charge < -0.3 is 10.1 Å². The number of hydrogen-bond acceptors (Lipinski definition) is 5. The number of benzene rings is 1. The van der Waals surface area contributed by atoms with Crippen LogP contribution in [0.15, 0.2) is 36.8 Å². The van der Waals surface area contributed by atoms with Crippen molar-refractivity contribution in [1.29, 1.82) is 0 Å². The van der Waals surface area contributed by atoms with Gasteiger partial charge in [0.25, 0.3) is 5.69 Å². The Hall–Kier alpha value is -2.77. The van der Waals surface area contributed by atoms with Gasteiger partial charge in [0.15, 0.2) is 6.33 Å². The molecule has 0 saturated heterocycles. The Labute approximate surface area is 94.4 Å². The zero-order valence-corrected chi connectivity index (χ0v) is 8.39. The maximum Gasteiger partial charge on any atom is 0.347 e. The van der Waals surface area contributed by atoms with Gasteiger partial charge in [0, 0.05) is 12.1 Å². The molecule has 1 heterocycles. The van der Waals surface area contributed by atoms with Crippen LogP contribution in [0, 0.1) is 20.2 Å². The van der Waals surface area contributed by atoms with Gasteiger partial charge in [-0.3, -0.25) is 10.1 Å². The Morgan fingerprint density at radius 2 is 1.71 bits per heavy atom.